The highest BCUT2D eigenvalue weighted by molar-refractivity contribution is 7.91. The molecule has 3 nitrogen and oxygen atoms in total. The van der Waals surface area contributed by atoms with Gasteiger partial charge in [0.05, 0.1) is 10.6 Å². The van der Waals surface area contributed by atoms with Gasteiger partial charge in [-0.3, -0.25) is 0 Å². The lowest BCUT2D eigenvalue weighted by molar-refractivity contribution is 0.475. The van der Waals surface area contributed by atoms with Crippen molar-refractivity contribution in [1.29, 1.82) is 0 Å². The zero-order valence-electron chi connectivity index (χ0n) is 9.82. The topological polar surface area (TPSA) is 60.2 Å². The molecule has 0 amide bonds. The molecule has 2 unspecified atom stereocenters. The number of hydrogen-bond acceptors (Lipinski definition) is 3. The number of aryl methyl sites for hydroxylation is 2. The van der Waals surface area contributed by atoms with Gasteiger partial charge in [0.25, 0.3) is 0 Å². The summed E-state index contributed by atoms with van der Waals surface area (Å²) in [7, 11) is -3.16. The lowest BCUT2D eigenvalue weighted by Gasteiger charge is -2.30. The smallest absolute Gasteiger partial charge is 0.179 e. The lowest BCUT2D eigenvalue weighted by atomic mass is 9.91. The van der Waals surface area contributed by atoms with Crippen molar-refractivity contribution in [1.82, 2.24) is 0 Å². The molecule has 0 radical (unpaired) electrons. The number of benzene rings is 1. The van der Waals surface area contributed by atoms with Crippen LogP contribution in [0.25, 0.3) is 0 Å². The zero-order chi connectivity index (χ0) is 12.1. The zero-order valence-corrected chi connectivity index (χ0v) is 10.6. The third kappa shape index (κ3) is 1.57. The number of nitrogens with two attached hydrogens (primary N) is 1. The summed E-state index contributed by atoms with van der Waals surface area (Å²) in [5.74, 6) is 0.142. The van der Waals surface area contributed by atoms with Crippen LogP contribution in [-0.4, -0.2) is 14.2 Å². The highest BCUT2D eigenvalue weighted by Crippen LogP contribution is 2.37. The summed E-state index contributed by atoms with van der Waals surface area (Å²) in [6.07, 6.45) is 0. The van der Waals surface area contributed by atoms with Gasteiger partial charge < -0.3 is 5.73 Å². The van der Waals surface area contributed by atoms with Crippen LogP contribution >= 0.6 is 0 Å². The first-order valence-corrected chi connectivity index (χ1v) is 7.08. The Balaban J connectivity index is 2.83. The molecule has 4 heteroatoms. The molecule has 0 bridgehead atoms. The summed E-state index contributed by atoms with van der Waals surface area (Å²) in [6.45, 7) is 5.65. The van der Waals surface area contributed by atoms with Crippen molar-refractivity contribution in [2.75, 3.05) is 5.75 Å². The molecule has 2 rings (SSSR count). The molecular formula is C12H17NO2S. The van der Waals surface area contributed by atoms with Gasteiger partial charge in [0.2, 0.25) is 0 Å². The number of fused-ring (bicyclic) bond motifs is 1. The second-order valence-corrected chi connectivity index (χ2v) is 6.70. The number of hydrogen-bond donors (Lipinski definition) is 1. The largest absolute Gasteiger partial charge is 0.324 e. The fourth-order valence-corrected chi connectivity index (χ4v) is 4.71. The normalized spacial score (nSPS) is 27.5. The van der Waals surface area contributed by atoms with Crippen LogP contribution in [0.2, 0.25) is 0 Å². The van der Waals surface area contributed by atoms with Crippen molar-refractivity contribution in [2.45, 2.75) is 31.7 Å². The van der Waals surface area contributed by atoms with Crippen LogP contribution in [0.3, 0.4) is 0 Å². The predicted molar refractivity (Wildman–Crippen MR) is 64.1 cm³/mol. The van der Waals surface area contributed by atoms with Gasteiger partial charge >= 0.3 is 0 Å². The maximum absolute atomic E-state index is 12.1. The van der Waals surface area contributed by atoms with E-state index >= 15 is 0 Å². The fraction of sp³-hybridized carbons (Fsp3) is 0.500. The third-order valence-corrected chi connectivity index (χ3v) is 5.48. The average molecular weight is 239 g/mol. The first-order valence-electron chi connectivity index (χ1n) is 5.43. The van der Waals surface area contributed by atoms with E-state index in [1.807, 2.05) is 32.9 Å². The molecule has 1 aromatic rings. The Morgan fingerprint density at radius 3 is 2.44 bits per heavy atom. The minimum atomic E-state index is -3.16. The van der Waals surface area contributed by atoms with E-state index < -0.39 is 9.84 Å². The van der Waals surface area contributed by atoms with Crippen LogP contribution in [0.4, 0.5) is 0 Å². The van der Waals surface area contributed by atoms with Gasteiger partial charge in [0, 0.05) is 6.04 Å². The summed E-state index contributed by atoms with van der Waals surface area (Å²) in [5.41, 5.74) is 8.72. The Bertz CT molecular complexity index is 534. The quantitative estimate of drug-likeness (QED) is 0.750. The van der Waals surface area contributed by atoms with Crippen molar-refractivity contribution in [3.05, 3.63) is 28.8 Å². The third-order valence-electron chi connectivity index (χ3n) is 3.35. The Labute approximate surface area is 96.6 Å². The lowest BCUT2D eigenvalue weighted by Crippen LogP contribution is -2.33. The van der Waals surface area contributed by atoms with E-state index in [-0.39, 0.29) is 17.7 Å². The Hall–Kier alpha value is -0.870. The first kappa shape index (κ1) is 11.6. The van der Waals surface area contributed by atoms with Crippen molar-refractivity contribution in [3.8, 4) is 0 Å². The Morgan fingerprint density at radius 2 is 1.81 bits per heavy atom. The fourth-order valence-electron chi connectivity index (χ4n) is 2.45. The number of rotatable bonds is 0. The van der Waals surface area contributed by atoms with E-state index in [0.717, 1.165) is 16.7 Å². The molecule has 1 aliphatic heterocycles. The van der Waals surface area contributed by atoms with E-state index in [2.05, 4.69) is 0 Å². The van der Waals surface area contributed by atoms with Crippen LogP contribution < -0.4 is 5.73 Å². The molecule has 1 heterocycles. The molecule has 0 fully saturated rings. The van der Waals surface area contributed by atoms with Crippen molar-refractivity contribution in [3.63, 3.8) is 0 Å². The van der Waals surface area contributed by atoms with Gasteiger partial charge in [-0.1, -0.05) is 19.1 Å². The summed E-state index contributed by atoms with van der Waals surface area (Å²) in [5, 5.41) is 0. The van der Waals surface area contributed by atoms with E-state index in [9.17, 15) is 8.42 Å². The molecule has 88 valence electrons. The van der Waals surface area contributed by atoms with E-state index in [1.165, 1.54) is 0 Å². The van der Waals surface area contributed by atoms with Crippen molar-refractivity contribution >= 4 is 9.84 Å². The molecule has 0 aromatic heterocycles. The van der Waals surface area contributed by atoms with Gasteiger partial charge in [-0.05, 0) is 36.5 Å². The van der Waals surface area contributed by atoms with Crippen LogP contribution in [0.5, 0.6) is 0 Å². The molecule has 0 spiro atoms. The van der Waals surface area contributed by atoms with Crippen LogP contribution in [0.1, 0.15) is 29.7 Å². The van der Waals surface area contributed by atoms with Crippen molar-refractivity contribution in [2.24, 2.45) is 11.7 Å². The summed E-state index contributed by atoms with van der Waals surface area (Å²) in [4.78, 5) is 0.470. The minimum Gasteiger partial charge on any atom is -0.324 e. The van der Waals surface area contributed by atoms with Gasteiger partial charge in [-0.15, -0.1) is 0 Å². The highest BCUT2D eigenvalue weighted by Gasteiger charge is 2.35. The summed E-state index contributed by atoms with van der Waals surface area (Å²) >= 11 is 0. The first-order chi connectivity index (χ1) is 7.34. The molecular weight excluding hydrogens is 222 g/mol. The van der Waals surface area contributed by atoms with Crippen LogP contribution in [-0.2, 0) is 9.84 Å². The number of sulfone groups is 1. The van der Waals surface area contributed by atoms with Crippen molar-refractivity contribution < 1.29 is 8.42 Å². The molecule has 0 saturated heterocycles. The van der Waals surface area contributed by atoms with Gasteiger partial charge in [-0.2, -0.15) is 0 Å². The average Bonchev–Trinajstić information content (AvgIpc) is 2.17. The van der Waals surface area contributed by atoms with E-state index in [4.69, 9.17) is 5.73 Å². The highest BCUT2D eigenvalue weighted by atomic mass is 32.2. The minimum absolute atomic E-state index is 0.0157. The summed E-state index contributed by atoms with van der Waals surface area (Å²) < 4.78 is 24.3. The van der Waals surface area contributed by atoms with Gasteiger partial charge in [0.1, 0.15) is 0 Å². The SMILES string of the molecule is Cc1ccc(C)c2c1C(N)C(C)CS2(=O)=O. The Kier molecular flexibility index (Phi) is 2.59. The molecule has 2 atom stereocenters. The van der Waals surface area contributed by atoms with Gasteiger partial charge in [0.15, 0.2) is 9.84 Å². The second-order valence-electron chi connectivity index (χ2n) is 4.73. The molecule has 2 N–H and O–H groups in total. The molecule has 16 heavy (non-hydrogen) atoms. The summed E-state index contributed by atoms with van der Waals surface area (Å²) in [6, 6.07) is 3.63. The Morgan fingerprint density at radius 1 is 1.25 bits per heavy atom. The molecule has 0 aliphatic carbocycles. The maximum Gasteiger partial charge on any atom is 0.179 e. The van der Waals surface area contributed by atoms with E-state index in [0.29, 0.717) is 4.90 Å². The van der Waals surface area contributed by atoms with Gasteiger partial charge in [-0.25, -0.2) is 8.42 Å². The van der Waals surface area contributed by atoms with Crippen LogP contribution in [0, 0.1) is 19.8 Å². The molecule has 1 aromatic carbocycles. The molecule has 0 saturated carbocycles. The van der Waals surface area contributed by atoms with E-state index in [1.54, 1.807) is 0 Å². The van der Waals surface area contributed by atoms with Crippen LogP contribution in [0.15, 0.2) is 17.0 Å². The standard InChI is InChI=1S/C12H17NO2S/c1-7-4-5-8(2)12-10(7)11(13)9(3)6-16(12,14)15/h4-5,9,11H,6,13H2,1-3H3. The molecule has 1 aliphatic rings. The predicted octanol–water partition coefficient (Wildman–Crippen LogP) is 1.73. The maximum atomic E-state index is 12.1. The second kappa shape index (κ2) is 3.57. The monoisotopic (exact) mass is 239 g/mol.